The molecule has 28 heavy (non-hydrogen) atoms. The van der Waals surface area contributed by atoms with Gasteiger partial charge in [0.2, 0.25) is 0 Å². The fourth-order valence-electron chi connectivity index (χ4n) is 4.18. The summed E-state index contributed by atoms with van der Waals surface area (Å²) in [7, 11) is 0. The molecule has 8 heteroatoms. The van der Waals surface area contributed by atoms with Crippen molar-refractivity contribution >= 4 is 5.91 Å². The van der Waals surface area contributed by atoms with E-state index in [2.05, 4.69) is 39.2 Å². The van der Waals surface area contributed by atoms with Gasteiger partial charge in [0.25, 0.3) is 5.91 Å². The van der Waals surface area contributed by atoms with Crippen LogP contribution in [0.1, 0.15) is 49.9 Å². The largest absolute Gasteiger partial charge is 0.370 e. The summed E-state index contributed by atoms with van der Waals surface area (Å²) in [6.07, 6.45) is 9.09. The number of nitrogens with zero attached hydrogens (tertiary/aromatic N) is 5. The zero-order valence-corrected chi connectivity index (χ0v) is 16.5. The van der Waals surface area contributed by atoms with Crippen LogP contribution < -0.4 is 5.32 Å². The quantitative estimate of drug-likeness (QED) is 0.846. The van der Waals surface area contributed by atoms with Gasteiger partial charge < -0.3 is 15.0 Å². The standard InChI is InChI=1S/C20H28N6O2/c1-15(2)25-9-6-20(7-10-25)5-3-17(28-20)12-22-19(27)16-4-8-21-18(11-16)26-13-23-24-14-26/h4,8,11,13-15,17H,3,5-7,9-10,12H2,1-2H3,(H,22,27). The number of carbonyl (C=O) groups is 1. The van der Waals surface area contributed by atoms with Gasteiger partial charge in [-0.15, -0.1) is 10.2 Å². The first-order valence-electron chi connectivity index (χ1n) is 10.1. The average molecular weight is 384 g/mol. The molecular formula is C20H28N6O2. The molecule has 1 amide bonds. The Balaban J connectivity index is 1.30. The molecule has 1 atom stereocenters. The number of piperidine rings is 1. The monoisotopic (exact) mass is 384 g/mol. The van der Waals surface area contributed by atoms with Crippen molar-refractivity contribution in [1.29, 1.82) is 0 Å². The number of nitrogens with one attached hydrogen (secondary N) is 1. The summed E-state index contributed by atoms with van der Waals surface area (Å²) >= 11 is 0. The maximum Gasteiger partial charge on any atom is 0.251 e. The summed E-state index contributed by atoms with van der Waals surface area (Å²) < 4.78 is 8.08. The third-order valence-corrected chi connectivity index (χ3v) is 5.96. The predicted molar refractivity (Wildman–Crippen MR) is 104 cm³/mol. The normalized spacial score (nSPS) is 22.0. The van der Waals surface area contributed by atoms with E-state index in [-0.39, 0.29) is 17.6 Å². The minimum absolute atomic E-state index is 0.0129. The van der Waals surface area contributed by atoms with E-state index in [1.807, 2.05) is 0 Å². The molecule has 1 unspecified atom stereocenters. The van der Waals surface area contributed by atoms with Crippen molar-refractivity contribution in [3.05, 3.63) is 36.5 Å². The Morgan fingerprint density at radius 1 is 1.29 bits per heavy atom. The Hall–Kier alpha value is -2.32. The van der Waals surface area contributed by atoms with Gasteiger partial charge in [-0.05, 0) is 51.7 Å². The van der Waals surface area contributed by atoms with Gasteiger partial charge in [0.1, 0.15) is 18.5 Å². The van der Waals surface area contributed by atoms with Crippen molar-refractivity contribution in [2.45, 2.75) is 57.3 Å². The predicted octanol–water partition coefficient (Wildman–Crippen LogP) is 1.81. The van der Waals surface area contributed by atoms with E-state index < -0.39 is 0 Å². The lowest BCUT2D eigenvalue weighted by Gasteiger charge is -2.40. The van der Waals surface area contributed by atoms with Gasteiger partial charge in [-0.2, -0.15) is 0 Å². The van der Waals surface area contributed by atoms with Crippen LogP contribution in [0.2, 0.25) is 0 Å². The van der Waals surface area contributed by atoms with Crippen molar-refractivity contribution in [2.24, 2.45) is 0 Å². The van der Waals surface area contributed by atoms with E-state index in [0.29, 0.717) is 24.0 Å². The molecule has 8 nitrogen and oxygen atoms in total. The first-order valence-corrected chi connectivity index (χ1v) is 10.1. The molecule has 150 valence electrons. The SMILES string of the molecule is CC(C)N1CCC2(CCC(CNC(=O)c3ccnc(-n4cnnc4)c3)O2)CC1. The van der Waals surface area contributed by atoms with Crippen LogP contribution in [0.15, 0.2) is 31.0 Å². The summed E-state index contributed by atoms with van der Waals surface area (Å²) in [5.74, 6) is 0.501. The van der Waals surface area contributed by atoms with Gasteiger partial charge in [0, 0.05) is 37.4 Å². The lowest BCUT2D eigenvalue weighted by Crippen LogP contribution is -2.47. The van der Waals surface area contributed by atoms with Gasteiger partial charge in [-0.1, -0.05) is 0 Å². The van der Waals surface area contributed by atoms with E-state index in [1.165, 1.54) is 0 Å². The van der Waals surface area contributed by atoms with Gasteiger partial charge in [0.15, 0.2) is 0 Å². The molecule has 1 spiro atoms. The van der Waals surface area contributed by atoms with Crippen molar-refractivity contribution in [2.75, 3.05) is 19.6 Å². The van der Waals surface area contributed by atoms with Crippen molar-refractivity contribution < 1.29 is 9.53 Å². The lowest BCUT2D eigenvalue weighted by atomic mass is 9.88. The summed E-state index contributed by atoms with van der Waals surface area (Å²) in [4.78, 5) is 19.3. The Morgan fingerprint density at radius 2 is 2.04 bits per heavy atom. The fourth-order valence-corrected chi connectivity index (χ4v) is 4.18. The van der Waals surface area contributed by atoms with Crippen molar-refractivity contribution in [3.63, 3.8) is 0 Å². The van der Waals surface area contributed by atoms with Crippen LogP contribution in [0.5, 0.6) is 0 Å². The zero-order chi connectivity index (χ0) is 19.6. The van der Waals surface area contributed by atoms with Gasteiger partial charge in [-0.25, -0.2) is 4.98 Å². The van der Waals surface area contributed by atoms with Gasteiger partial charge >= 0.3 is 0 Å². The second kappa shape index (κ2) is 7.97. The second-order valence-corrected chi connectivity index (χ2v) is 8.07. The molecule has 0 bridgehead atoms. The van der Waals surface area contributed by atoms with E-state index in [0.717, 1.165) is 38.8 Å². The molecule has 4 heterocycles. The number of carbonyl (C=O) groups excluding carboxylic acids is 1. The minimum Gasteiger partial charge on any atom is -0.370 e. The molecule has 0 radical (unpaired) electrons. The number of likely N-dealkylation sites (tertiary alicyclic amines) is 1. The average Bonchev–Trinajstić information content (AvgIpc) is 3.37. The van der Waals surface area contributed by atoms with Gasteiger partial charge in [-0.3, -0.25) is 9.36 Å². The van der Waals surface area contributed by atoms with Crippen LogP contribution in [0.3, 0.4) is 0 Å². The van der Waals surface area contributed by atoms with Crippen LogP contribution in [0.25, 0.3) is 5.82 Å². The Kier molecular flexibility index (Phi) is 5.41. The maximum absolute atomic E-state index is 12.6. The van der Waals surface area contributed by atoms with Gasteiger partial charge in [0.05, 0.1) is 11.7 Å². The number of amides is 1. The molecule has 2 aromatic heterocycles. The summed E-state index contributed by atoms with van der Waals surface area (Å²) in [5.41, 5.74) is 0.579. The van der Waals surface area contributed by atoms with E-state index in [1.54, 1.807) is 35.6 Å². The van der Waals surface area contributed by atoms with Crippen LogP contribution in [-0.4, -0.2) is 67.9 Å². The molecule has 0 aromatic carbocycles. The topological polar surface area (TPSA) is 85.2 Å². The van der Waals surface area contributed by atoms with E-state index in [9.17, 15) is 4.79 Å². The molecule has 4 rings (SSSR count). The highest BCUT2D eigenvalue weighted by Gasteiger charge is 2.42. The summed E-state index contributed by atoms with van der Waals surface area (Å²) in [6, 6.07) is 4.04. The Labute approximate surface area is 165 Å². The molecule has 2 aliphatic heterocycles. The molecule has 1 N–H and O–H groups in total. The van der Waals surface area contributed by atoms with Crippen LogP contribution in [-0.2, 0) is 4.74 Å². The molecule has 2 aromatic rings. The number of hydrogen-bond donors (Lipinski definition) is 1. The Morgan fingerprint density at radius 3 is 2.75 bits per heavy atom. The third-order valence-electron chi connectivity index (χ3n) is 5.96. The van der Waals surface area contributed by atoms with Crippen molar-refractivity contribution in [1.82, 2.24) is 30.0 Å². The Bertz CT molecular complexity index is 799. The van der Waals surface area contributed by atoms with Crippen molar-refractivity contribution in [3.8, 4) is 5.82 Å². The molecule has 0 saturated carbocycles. The molecular weight excluding hydrogens is 356 g/mol. The molecule has 0 aliphatic carbocycles. The number of aromatic nitrogens is 4. The number of hydrogen-bond acceptors (Lipinski definition) is 6. The number of rotatable bonds is 5. The highest BCUT2D eigenvalue weighted by Crippen LogP contribution is 2.39. The first-order chi connectivity index (χ1) is 13.5. The molecule has 2 fully saturated rings. The number of ether oxygens (including phenoxy) is 1. The minimum atomic E-state index is -0.115. The first kappa shape index (κ1) is 19.0. The van der Waals surface area contributed by atoms with Crippen LogP contribution in [0, 0.1) is 0 Å². The maximum atomic E-state index is 12.6. The van der Waals surface area contributed by atoms with E-state index in [4.69, 9.17) is 4.74 Å². The highest BCUT2D eigenvalue weighted by molar-refractivity contribution is 5.94. The van der Waals surface area contributed by atoms with Crippen LogP contribution >= 0.6 is 0 Å². The fraction of sp³-hybridized carbons (Fsp3) is 0.600. The lowest BCUT2D eigenvalue weighted by molar-refractivity contribution is -0.0788. The number of pyridine rings is 1. The highest BCUT2D eigenvalue weighted by atomic mass is 16.5. The summed E-state index contributed by atoms with van der Waals surface area (Å²) in [6.45, 7) is 7.23. The van der Waals surface area contributed by atoms with E-state index >= 15 is 0 Å². The summed E-state index contributed by atoms with van der Waals surface area (Å²) in [5, 5.41) is 10.6. The third kappa shape index (κ3) is 4.07. The zero-order valence-electron chi connectivity index (χ0n) is 16.5. The molecule has 2 saturated heterocycles. The second-order valence-electron chi connectivity index (χ2n) is 8.07. The smallest absolute Gasteiger partial charge is 0.251 e. The molecule has 2 aliphatic rings. The van der Waals surface area contributed by atoms with Crippen LogP contribution in [0.4, 0.5) is 0 Å².